The summed E-state index contributed by atoms with van der Waals surface area (Å²) in [5.74, 6) is -0.235. The first kappa shape index (κ1) is 21.8. The summed E-state index contributed by atoms with van der Waals surface area (Å²) in [6.07, 6.45) is 0.648. The number of sulfonamides is 1. The van der Waals surface area contributed by atoms with Gasteiger partial charge in [0.05, 0.1) is 10.9 Å². The molecule has 0 bridgehead atoms. The average molecular weight is 403 g/mol. The molecule has 6 nitrogen and oxygen atoms in total. The molecule has 2 aromatic carbocycles. The molecule has 2 aromatic rings. The number of carbonyl (C=O) groups excluding carboxylic acids is 2. The summed E-state index contributed by atoms with van der Waals surface area (Å²) in [5, 5.41) is 2.92. The molecule has 150 valence electrons. The molecule has 0 heterocycles. The fraction of sp³-hybridized carbons (Fsp3) is 0.333. The van der Waals surface area contributed by atoms with E-state index in [4.69, 9.17) is 0 Å². The lowest BCUT2D eigenvalue weighted by Gasteiger charge is -2.18. The van der Waals surface area contributed by atoms with E-state index < -0.39 is 10.0 Å². The van der Waals surface area contributed by atoms with E-state index in [2.05, 4.69) is 5.32 Å². The zero-order valence-electron chi connectivity index (χ0n) is 16.4. The standard InChI is InChI=1S/C21H26N2O4S/c1-16(18-8-5-4-6-9-18)22-21(25)10-7-15-23(3)28(26,27)20-13-11-19(12-14-20)17(2)24/h4-6,8-9,11-14,16H,7,10,15H2,1-3H3,(H,22,25). The van der Waals surface area contributed by atoms with Crippen LogP contribution in [-0.4, -0.2) is 38.0 Å². The zero-order valence-corrected chi connectivity index (χ0v) is 17.2. The quantitative estimate of drug-likeness (QED) is 0.653. The Bertz CT molecular complexity index is 909. The molecule has 0 fully saturated rings. The van der Waals surface area contributed by atoms with Crippen LogP contribution in [0.1, 0.15) is 48.7 Å². The van der Waals surface area contributed by atoms with Gasteiger partial charge in [0.15, 0.2) is 5.78 Å². The second kappa shape index (κ2) is 9.61. The Kier molecular flexibility index (Phi) is 7.48. The second-order valence-corrected chi connectivity index (χ2v) is 8.76. The Balaban J connectivity index is 1.86. The number of hydrogen-bond donors (Lipinski definition) is 1. The SMILES string of the molecule is CC(=O)c1ccc(S(=O)(=O)N(C)CCCC(=O)NC(C)c2ccccc2)cc1. The van der Waals surface area contributed by atoms with Crippen LogP contribution in [0.5, 0.6) is 0 Å². The van der Waals surface area contributed by atoms with E-state index >= 15 is 0 Å². The van der Waals surface area contributed by atoms with Crippen LogP contribution in [0.4, 0.5) is 0 Å². The van der Waals surface area contributed by atoms with E-state index in [1.165, 1.54) is 42.5 Å². The molecule has 0 aliphatic carbocycles. The van der Waals surface area contributed by atoms with E-state index in [-0.39, 0.29) is 35.6 Å². The first-order chi connectivity index (χ1) is 13.2. The molecule has 0 spiro atoms. The van der Waals surface area contributed by atoms with E-state index in [1.807, 2.05) is 37.3 Å². The third kappa shape index (κ3) is 5.74. The van der Waals surface area contributed by atoms with Crippen LogP contribution < -0.4 is 5.32 Å². The molecule has 1 atom stereocenters. The second-order valence-electron chi connectivity index (χ2n) is 6.71. The van der Waals surface area contributed by atoms with Crippen molar-refractivity contribution in [1.82, 2.24) is 9.62 Å². The number of ketones is 1. The number of carbonyl (C=O) groups is 2. The third-order valence-corrected chi connectivity index (χ3v) is 6.39. The van der Waals surface area contributed by atoms with Crippen molar-refractivity contribution in [3.8, 4) is 0 Å². The highest BCUT2D eigenvalue weighted by Gasteiger charge is 2.21. The van der Waals surface area contributed by atoms with Crippen molar-refractivity contribution >= 4 is 21.7 Å². The molecule has 1 amide bonds. The highest BCUT2D eigenvalue weighted by molar-refractivity contribution is 7.89. The molecule has 0 aliphatic heterocycles. The fourth-order valence-corrected chi connectivity index (χ4v) is 3.97. The molecule has 0 aromatic heterocycles. The summed E-state index contributed by atoms with van der Waals surface area (Å²) in [6.45, 7) is 3.57. The minimum atomic E-state index is -3.66. The molecule has 1 unspecified atom stereocenters. The lowest BCUT2D eigenvalue weighted by Crippen LogP contribution is -2.30. The molecule has 1 N–H and O–H groups in total. The van der Waals surface area contributed by atoms with Crippen LogP contribution in [0.2, 0.25) is 0 Å². The number of amides is 1. The van der Waals surface area contributed by atoms with Gasteiger partial charge in [-0.3, -0.25) is 9.59 Å². The Hall–Kier alpha value is -2.51. The highest BCUT2D eigenvalue weighted by Crippen LogP contribution is 2.16. The Morgan fingerprint density at radius 2 is 1.64 bits per heavy atom. The number of hydrogen-bond acceptors (Lipinski definition) is 4. The van der Waals surface area contributed by atoms with Crippen molar-refractivity contribution in [1.29, 1.82) is 0 Å². The molecule has 0 saturated carbocycles. The van der Waals surface area contributed by atoms with E-state index in [0.29, 0.717) is 12.0 Å². The maximum Gasteiger partial charge on any atom is 0.242 e. The van der Waals surface area contributed by atoms with Gasteiger partial charge in [-0.25, -0.2) is 12.7 Å². The number of nitrogens with zero attached hydrogens (tertiary/aromatic N) is 1. The van der Waals surface area contributed by atoms with Gasteiger partial charge in [0.25, 0.3) is 0 Å². The van der Waals surface area contributed by atoms with Crippen molar-refractivity contribution in [3.63, 3.8) is 0 Å². The third-order valence-electron chi connectivity index (χ3n) is 4.52. The summed E-state index contributed by atoms with van der Waals surface area (Å²) in [7, 11) is -2.17. The summed E-state index contributed by atoms with van der Waals surface area (Å²) in [6, 6.07) is 15.4. The van der Waals surface area contributed by atoms with Gasteiger partial charge in [0, 0.05) is 25.6 Å². The first-order valence-corrected chi connectivity index (χ1v) is 10.6. The minimum Gasteiger partial charge on any atom is -0.350 e. The first-order valence-electron chi connectivity index (χ1n) is 9.13. The molecule has 0 aliphatic rings. The summed E-state index contributed by atoms with van der Waals surface area (Å²) in [4.78, 5) is 23.6. The van der Waals surface area contributed by atoms with Gasteiger partial charge in [0.2, 0.25) is 15.9 Å². The van der Waals surface area contributed by atoms with Gasteiger partial charge >= 0.3 is 0 Å². The maximum atomic E-state index is 12.6. The molecular formula is C21H26N2O4S. The van der Waals surface area contributed by atoms with Crippen LogP contribution in [0, 0.1) is 0 Å². The van der Waals surface area contributed by atoms with E-state index in [9.17, 15) is 18.0 Å². The van der Waals surface area contributed by atoms with Gasteiger partial charge in [-0.15, -0.1) is 0 Å². The molecule has 28 heavy (non-hydrogen) atoms. The summed E-state index contributed by atoms with van der Waals surface area (Å²) >= 11 is 0. The monoisotopic (exact) mass is 402 g/mol. The van der Waals surface area contributed by atoms with Crippen LogP contribution in [-0.2, 0) is 14.8 Å². The number of Topliss-reactive ketones (excluding diaryl/α,β-unsaturated/α-hetero) is 1. The van der Waals surface area contributed by atoms with Crippen molar-refractivity contribution in [2.24, 2.45) is 0 Å². The van der Waals surface area contributed by atoms with E-state index in [1.54, 1.807) is 0 Å². The van der Waals surface area contributed by atoms with E-state index in [0.717, 1.165) is 5.56 Å². The van der Waals surface area contributed by atoms with Crippen LogP contribution in [0.15, 0.2) is 59.5 Å². The van der Waals surface area contributed by atoms with Crippen molar-refractivity contribution in [2.75, 3.05) is 13.6 Å². The van der Waals surface area contributed by atoms with Gasteiger partial charge < -0.3 is 5.32 Å². The zero-order chi connectivity index (χ0) is 20.7. The summed E-state index contributed by atoms with van der Waals surface area (Å²) in [5.41, 5.74) is 1.48. The lowest BCUT2D eigenvalue weighted by molar-refractivity contribution is -0.121. The summed E-state index contributed by atoms with van der Waals surface area (Å²) < 4.78 is 26.4. The van der Waals surface area contributed by atoms with Gasteiger partial charge in [-0.1, -0.05) is 42.5 Å². The molecule has 0 saturated heterocycles. The highest BCUT2D eigenvalue weighted by atomic mass is 32.2. The lowest BCUT2D eigenvalue weighted by atomic mass is 10.1. The fourth-order valence-electron chi connectivity index (χ4n) is 2.76. The van der Waals surface area contributed by atoms with Crippen molar-refractivity contribution in [3.05, 3.63) is 65.7 Å². The van der Waals surface area contributed by atoms with Crippen molar-refractivity contribution in [2.45, 2.75) is 37.6 Å². The predicted molar refractivity (Wildman–Crippen MR) is 108 cm³/mol. The minimum absolute atomic E-state index is 0.102. The largest absolute Gasteiger partial charge is 0.350 e. The normalized spacial score (nSPS) is 12.6. The van der Waals surface area contributed by atoms with Crippen LogP contribution >= 0.6 is 0 Å². The van der Waals surface area contributed by atoms with Crippen molar-refractivity contribution < 1.29 is 18.0 Å². The predicted octanol–water partition coefficient (Wildman–Crippen LogP) is 3.17. The molecular weight excluding hydrogens is 376 g/mol. The average Bonchev–Trinajstić information content (AvgIpc) is 2.68. The van der Waals surface area contributed by atoms with Gasteiger partial charge in [0.1, 0.15) is 0 Å². The topological polar surface area (TPSA) is 83.6 Å². The smallest absolute Gasteiger partial charge is 0.242 e. The van der Waals surface area contributed by atoms with Crippen LogP contribution in [0.3, 0.4) is 0 Å². The Labute approximate surface area is 166 Å². The number of benzene rings is 2. The molecule has 7 heteroatoms. The van der Waals surface area contributed by atoms with Gasteiger partial charge in [-0.2, -0.15) is 0 Å². The molecule has 2 rings (SSSR count). The maximum absolute atomic E-state index is 12.6. The van der Waals surface area contributed by atoms with Crippen LogP contribution in [0.25, 0.3) is 0 Å². The number of rotatable bonds is 9. The number of nitrogens with one attached hydrogen (secondary N) is 1. The Morgan fingerprint density at radius 3 is 2.21 bits per heavy atom. The van der Waals surface area contributed by atoms with Gasteiger partial charge in [-0.05, 0) is 38.0 Å². The molecule has 0 radical (unpaired) electrons. The Morgan fingerprint density at radius 1 is 1.04 bits per heavy atom.